The average Bonchev–Trinajstić information content (AvgIpc) is 2.48. The number of hydrogen-bond acceptors (Lipinski definition) is 4. The van der Waals surface area contributed by atoms with Gasteiger partial charge in [0.2, 0.25) is 5.91 Å². The number of hydrogen-bond donors (Lipinski definition) is 1. The van der Waals surface area contributed by atoms with E-state index in [1.54, 1.807) is 13.0 Å². The van der Waals surface area contributed by atoms with Crippen molar-refractivity contribution in [1.82, 2.24) is 0 Å². The van der Waals surface area contributed by atoms with E-state index in [1.807, 2.05) is 30.3 Å². The van der Waals surface area contributed by atoms with E-state index in [4.69, 9.17) is 0 Å². The van der Waals surface area contributed by atoms with Crippen LogP contribution < -0.4 is 10.4 Å². The zero-order valence-electron chi connectivity index (χ0n) is 11.5. The maximum absolute atomic E-state index is 11.9. The Bertz CT molecular complexity index is 656. The Balaban J connectivity index is 1.95. The van der Waals surface area contributed by atoms with Crippen LogP contribution in [0, 0.1) is 6.92 Å². The van der Waals surface area contributed by atoms with Crippen LogP contribution in [0.25, 0.3) is 0 Å². The van der Waals surface area contributed by atoms with Crippen molar-refractivity contribution in [2.24, 2.45) is 0 Å². The van der Waals surface area contributed by atoms with Gasteiger partial charge in [-0.1, -0.05) is 24.3 Å². The number of benzene rings is 2. The number of aryl methyl sites for hydroxylation is 1. The highest BCUT2D eigenvalue weighted by molar-refractivity contribution is 8.00. The Morgan fingerprint density at radius 2 is 1.86 bits per heavy atom. The van der Waals surface area contributed by atoms with Crippen molar-refractivity contribution < 1.29 is 14.7 Å². The summed E-state index contributed by atoms with van der Waals surface area (Å²) in [6.07, 6.45) is 0. The van der Waals surface area contributed by atoms with Gasteiger partial charge >= 0.3 is 0 Å². The van der Waals surface area contributed by atoms with Crippen LogP contribution >= 0.6 is 11.8 Å². The van der Waals surface area contributed by atoms with Crippen LogP contribution in [0.4, 0.5) is 5.69 Å². The summed E-state index contributed by atoms with van der Waals surface area (Å²) in [5, 5.41) is 13.5. The Morgan fingerprint density at radius 3 is 2.48 bits per heavy atom. The fourth-order valence-electron chi connectivity index (χ4n) is 1.78. The normalized spacial score (nSPS) is 10.1. The van der Waals surface area contributed by atoms with Crippen molar-refractivity contribution in [1.29, 1.82) is 0 Å². The maximum atomic E-state index is 11.9. The number of carboxylic acids is 1. The molecule has 4 nitrogen and oxygen atoms in total. The molecule has 0 fully saturated rings. The molecule has 0 saturated heterocycles. The molecule has 0 heterocycles. The van der Waals surface area contributed by atoms with E-state index in [-0.39, 0.29) is 11.5 Å². The first kappa shape index (κ1) is 15.1. The van der Waals surface area contributed by atoms with Crippen LogP contribution in [0.1, 0.15) is 15.9 Å². The summed E-state index contributed by atoms with van der Waals surface area (Å²) in [6.45, 7) is 1.74. The number of rotatable bonds is 5. The van der Waals surface area contributed by atoms with Crippen molar-refractivity contribution in [2.75, 3.05) is 11.1 Å². The minimum atomic E-state index is -1.23. The van der Waals surface area contributed by atoms with Gasteiger partial charge in [-0.2, -0.15) is 0 Å². The van der Waals surface area contributed by atoms with Gasteiger partial charge in [0.25, 0.3) is 0 Å². The third-order valence-electron chi connectivity index (χ3n) is 2.85. The van der Waals surface area contributed by atoms with Gasteiger partial charge in [-0.15, -0.1) is 11.8 Å². The highest BCUT2D eigenvalue weighted by atomic mass is 32.2. The van der Waals surface area contributed by atoms with E-state index < -0.39 is 5.97 Å². The minimum Gasteiger partial charge on any atom is -0.545 e. The molecule has 1 amide bonds. The zero-order valence-corrected chi connectivity index (χ0v) is 12.3. The molecular formula is C16H14NO3S-. The summed E-state index contributed by atoms with van der Waals surface area (Å²) in [7, 11) is 0. The van der Waals surface area contributed by atoms with Gasteiger partial charge in [0.15, 0.2) is 0 Å². The number of thioether (sulfide) groups is 1. The molecule has 2 aromatic rings. The molecule has 0 atom stereocenters. The fourth-order valence-corrected chi connectivity index (χ4v) is 2.50. The van der Waals surface area contributed by atoms with Crippen LogP contribution in [-0.4, -0.2) is 17.6 Å². The summed E-state index contributed by atoms with van der Waals surface area (Å²) in [5.74, 6) is -1.06. The number of anilines is 1. The van der Waals surface area contributed by atoms with E-state index in [9.17, 15) is 14.7 Å². The second-order valence-corrected chi connectivity index (χ2v) is 5.52. The molecular weight excluding hydrogens is 286 g/mol. The minimum absolute atomic E-state index is 0.101. The van der Waals surface area contributed by atoms with E-state index in [0.717, 1.165) is 4.90 Å². The Hall–Kier alpha value is -2.27. The molecule has 1 N–H and O–H groups in total. The smallest absolute Gasteiger partial charge is 0.234 e. The van der Waals surface area contributed by atoms with Crippen LogP contribution in [0.2, 0.25) is 0 Å². The molecule has 0 aliphatic carbocycles. The van der Waals surface area contributed by atoms with Gasteiger partial charge in [0.05, 0.1) is 11.7 Å². The Kier molecular flexibility index (Phi) is 5.00. The lowest BCUT2D eigenvalue weighted by molar-refractivity contribution is -0.255. The van der Waals surface area contributed by atoms with Crippen molar-refractivity contribution >= 4 is 29.3 Å². The van der Waals surface area contributed by atoms with E-state index >= 15 is 0 Å². The Labute approximate surface area is 127 Å². The van der Waals surface area contributed by atoms with Crippen molar-refractivity contribution in [2.45, 2.75) is 11.8 Å². The lowest BCUT2D eigenvalue weighted by Crippen LogP contribution is -2.22. The first-order chi connectivity index (χ1) is 10.1. The van der Waals surface area contributed by atoms with E-state index in [0.29, 0.717) is 17.0 Å². The molecule has 21 heavy (non-hydrogen) atoms. The lowest BCUT2D eigenvalue weighted by Gasteiger charge is -2.10. The molecule has 5 heteroatoms. The molecule has 108 valence electrons. The average molecular weight is 300 g/mol. The molecule has 0 aliphatic rings. The zero-order chi connectivity index (χ0) is 15.2. The quantitative estimate of drug-likeness (QED) is 0.858. The van der Waals surface area contributed by atoms with Crippen LogP contribution in [0.5, 0.6) is 0 Å². The lowest BCUT2D eigenvalue weighted by atomic mass is 10.1. The molecule has 0 radical (unpaired) electrons. The molecule has 0 bridgehead atoms. The number of carbonyl (C=O) groups is 2. The first-order valence-electron chi connectivity index (χ1n) is 6.36. The van der Waals surface area contributed by atoms with Gasteiger partial charge < -0.3 is 15.2 Å². The second-order valence-electron chi connectivity index (χ2n) is 4.47. The van der Waals surface area contributed by atoms with Crippen LogP contribution in [-0.2, 0) is 4.79 Å². The number of carbonyl (C=O) groups excluding carboxylic acids is 2. The number of carboxylic acid groups (broad SMARTS) is 1. The van der Waals surface area contributed by atoms with Crippen LogP contribution in [0.15, 0.2) is 53.4 Å². The van der Waals surface area contributed by atoms with Gasteiger partial charge in [0.1, 0.15) is 0 Å². The maximum Gasteiger partial charge on any atom is 0.234 e. The molecule has 2 aromatic carbocycles. The third kappa shape index (κ3) is 4.36. The summed E-state index contributed by atoms with van der Waals surface area (Å²) >= 11 is 1.45. The molecule has 0 aromatic heterocycles. The third-order valence-corrected chi connectivity index (χ3v) is 3.86. The summed E-state index contributed by atoms with van der Waals surface area (Å²) in [5.41, 5.74) is 1.40. The van der Waals surface area contributed by atoms with Gasteiger partial charge in [-0.3, -0.25) is 4.79 Å². The number of amides is 1. The number of aromatic carboxylic acids is 1. The highest BCUT2D eigenvalue weighted by Gasteiger charge is 2.06. The predicted molar refractivity (Wildman–Crippen MR) is 81.3 cm³/mol. The summed E-state index contributed by atoms with van der Waals surface area (Å²) < 4.78 is 0. The second kappa shape index (κ2) is 6.95. The number of nitrogens with one attached hydrogen (secondary N) is 1. The fraction of sp³-hybridized carbons (Fsp3) is 0.125. The predicted octanol–water partition coefficient (Wildman–Crippen LogP) is 2.09. The van der Waals surface area contributed by atoms with Gasteiger partial charge in [0, 0.05) is 10.6 Å². The van der Waals surface area contributed by atoms with Gasteiger partial charge in [-0.25, -0.2) is 0 Å². The monoisotopic (exact) mass is 300 g/mol. The van der Waals surface area contributed by atoms with Crippen LogP contribution in [0.3, 0.4) is 0 Å². The molecule has 0 unspecified atom stereocenters. The molecule has 2 rings (SSSR count). The highest BCUT2D eigenvalue weighted by Crippen LogP contribution is 2.19. The van der Waals surface area contributed by atoms with Crippen molar-refractivity contribution in [3.05, 3.63) is 59.7 Å². The van der Waals surface area contributed by atoms with Gasteiger partial charge in [-0.05, 0) is 42.3 Å². The molecule has 0 saturated carbocycles. The SMILES string of the molecule is Cc1cc(C(=O)[O-])ccc1NC(=O)CSc1ccccc1. The molecule has 0 spiro atoms. The largest absolute Gasteiger partial charge is 0.545 e. The summed E-state index contributed by atoms with van der Waals surface area (Å²) in [6, 6.07) is 14.1. The Morgan fingerprint density at radius 1 is 1.14 bits per heavy atom. The van der Waals surface area contributed by atoms with Crippen molar-refractivity contribution in [3.63, 3.8) is 0 Å². The van der Waals surface area contributed by atoms with E-state index in [2.05, 4.69) is 5.32 Å². The van der Waals surface area contributed by atoms with Crippen molar-refractivity contribution in [3.8, 4) is 0 Å². The molecule has 0 aliphatic heterocycles. The topological polar surface area (TPSA) is 69.2 Å². The standard InChI is InChI=1S/C16H15NO3S/c1-11-9-12(16(19)20)7-8-14(11)17-15(18)10-21-13-5-3-2-4-6-13/h2-9H,10H2,1H3,(H,17,18)(H,19,20)/p-1. The summed E-state index contributed by atoms with van der Waals surface area (Å²) in [4.78, 5) is 23.7. The van der Waals surface area contributed by atoms with E-state index in [1.165, 1.54) is 23.9 Å². The first-order valence-corrected chi connectivity index (χ1v) is 7.34.